The summed E-state index contributed by atoms with van der Waals surface area (Å²) in [4.78, 5) is 24.3. The van der Waals surface area contributed by atoms with Crippen LogP contribution in [0.5, 0.6) is 0 Å². The number of nitrogens with one attached hydrogen (secondary N) is 2. The first kappa shape index (κ1) is 17.7. The molecule has 1 heterocycles. The molecule has 0 bridgehead atoms. The maximum Gasteiger partial charge on any atom is 0.412 e. The van der Waals surface area contributed by atoms with Gasteiger partial charge in [-0.1, -0.05) is 23.7 Å². The van der Waals surface area contributed by atoms with E-state index in [4.69, 9.17) is 16.3 Å². The Kier molecular flexibility index (Phi) is 6.56. The third kappa shape index (κ3) is 5.88. The molecule has 1 aromatic heterocycles. The van der Waals surface area contributed by atoms with E-state index in [2.05, 4.69) is 20.8 Å². The van der Waals surface area contributed by atoms with E-state index in [-0.39, 0.29) is 24.9 Å². The Bertz CT molecular complexity index is 687. The van der Waals surface area contributed by atoms with Crippen LogP contribution in [0.4, 0.5) is 10.6 Å². The summed E-state index contributed by atoms with van der Waals surface area (Å²) in [6.45, 7) is 2.42. The zero-order valence-electron chi connectivity index (χ0n) is 13.2. The van der Waals surface area contributed by atoms with Crippen LogP contribution in [0.25, 0.3) is 0 Å². The van der Waals surface area contributed by atoms with Crippen molar-refractivity contribution in [1.29, 1.82) is 0 Å². The Morgan fingerprint density at radius 3 is 2.75 bits per heavy atom. The van der Waals surface area contributed by atoms with Crippen LogP contribution in [0.3, 0.4) is 0 Å². The van der Waals surface area contributed by atoms with Crippen LogP contribution in [0.15, 0.2) is 30.5 Å². The van der Waals surface area contributed by atoms with Crippen LogP contribution >= 0.6 is 11.6 Å². The molecule has 2 N–H and O–H groups in total. The number of aromatic nitrogens is 3. The Labute approximate surface area is 144 Å². The summed E-state index contributed by atoms with van der Waals surface area (Å²) in [6, 6.07) is 7.45. The molecule has 0 fully saturated rings. The van der Waals surface area contributed by atoms with E-state index < -0.39 is 6.09 Å². The van der Waals surface area contributed by atoms with Gasteiger partial charge in [-0.25, -0.2) is 4.79 Å². The second kappa shape index (κ2) is 8.88. The number of benzene rings is 1. The smallest absolute Gasteiger partial charge is 0.412 e. The highest BCUT2D eigenvalue weighted by Gasteiger charge is 2.08. The first-order valence-corrected chi connectivity index (χ1v) is 7.79. The number of carbonyl (C=O) groups is 2. The van der Waals surface area contributed by atoms with Gasteiger partial charge in [0.2, 0.25) is 5.91 Å². The molecule has 24 heavy (non-hydrogen) atoms. The Morgan fingerprint density at radius 2 is 2.04 bits per heavy atom. The largest absolute Gasteiger partial charge is 0.450 e. The molecule has 8 nitrogen and oxygen atoms in total. The van der Waals surface area contributed by atoms with Gasteiger partial charge in [-0.3, -0.25) is 10.1 Å². The fourth-order valence-electron chi connectivity index (χ4n) is 1.88. The van der Waals surface area contributed by atoms with Gasteiger partial charge in [0.25, 0.3) is 0 Å². The second-order valence-electron chi connectivity index (χ2n) is 4.83. The number of carbonyl (C=O) groups excluding carboxylic acids is 2. The quantitative estimate of drug-likeness (QED) is 0.793. The van der Waals surface area contributed by atoms with Crippen LogP contribution in [-0.4, -0.2) is 40.1 Å². The molecular formula is C15H18ClN5O3. The van der Waals surface area contributed by atoms with E-state index in [1.807, 2.05) is 24.3 Å². The molecule has 0 spiro atoms. The lowest BCUT2D eigenvalue weighted by Gasteiger charge is -2.05. The Hall–Kier alpha value is -2.61. The van der Waals surface area contributed by atoms with Gasteiger partial charge in [-0.05, 0) is 31.0 Å². The van der Waals surface area contributed by atoms with Crippen molar-refractivity contribution < 1.29 is 14.3 Å². The number of ether oxygens (including phenoxy) is 1. The minimum atomic E-state index is -0.614. The molecule has 0 aliphatic rings. The van der Waals surface area contributed by atoms with Crippen molar-refractivity contribution in [2.75, 3.05) is 18.5 Å². The molecular weight excluding hydrogens is 334 g/mol. The first-order valence-electron chi connectivity index (χ1n) is 7.42. The number of hydrogen-bond donors (Lipinski definition) is 2. The maximum absolute atomic E-state index is 11.8. The van der Waals surface area contributed by atoms with Crippen molar-refractivity contribution in [3.63, 3.8) is 0 Å². The van der Waals surface area contributed by atoms with Crippen LogP contribution in [0, 0.1) is 0 Å². The van der Waals surface area contributed by atoms with Crippen LogP contribution in [0.1, 0.15) is 12.5 Å². The topological polar surface area (TPSA) is 98.1 Å². The summed E-state index contributed by atoms with van der Waals surface area (Å²) in [6.07, 6.45) is 1.43. The van der Waals surface area contributed by atoms with Crippen molar-refractivity contribution in [3.05, 3.63) is 41.0 Å². The minimum absolute atomic E-state index is 0.0366. The maximum atomic E-state index is 11.8. The molecule has 0 aliphatic heterocycles. The number of hydrogen-bond acceptors (Lipinski definition) is 5. The lowest BCUT2D eigenvalue weighted by atomic mass is 10.1. The fraction of sp³-hybridized carbons (Fsp3) is 0.333. The summed E-state index contributed by atoms with van der Waals surface area (Å²) in [5, 5.41) is 13.7. The molecule has 128 valence electrons. The van der Waals surface area contributed by atoms with Crippen LogP contribution in [-0.2, 0) is 22.5 Å². The van der Waals surface area contributed by atoms with Crippen molar-refractivity contribution in [2.24, 2.45) is 0 Å². The van der Waals surface area contributed by atoms with Gasteiger partial charge in [0.05, 0.1) is 12.8 Å². The van der Waals surface area contributed by atoms with E-state index in [0.29, 0.717) is 18.0 Å². The summed E-state index contributed by atoms with van der Waals surface area (Å²) in [5.41, 5.74) is 1.08. The van der Waals surface area contributed by atoms with Gasteiger partial charge in [-0.2, -0.15) is 9.90 Å². The van der Waals surface area contributed by atoms with Gasteiger partial charge in [0, 0.05) is 11.6 Å². The number of nitrogens with zero attached hydrogens (tertiary/aromatic N) is 3. The molecule has 0 unspecified atom stereocenters. The molecule has 0 saturated carbocycles. The van der Waals surface area contributed by atoms with Crippen LogP contribution in [0.2, 0.25) is 5.02 Å². The highest BCUT2D eigenvalue weighted by molar-refractivity contribution is 6.30. The zero-order valence-corrected chi connectivity index (χ0v) is 13.9. The van der Waals surface area contributed by atoms with Gasteiger partial charge < -0.3 is 10.1 Å². The summed E-state index contributed by atoms with van der Waals surface area (Å²) in [5.74, 6) is 0.00432. The highest BCUT2D eigenvalue weighted by Crippen LogP contribution is 2.09. The number of amides is 2. The first-order chi connectivity index (χ1) is 11.6. The third-order valence-corrected chi connectivity index (χ3v) is 3.23. The molecule has 0 atom stereocenters. The molecule has 1 aromatic carbocycles. The number of rotatable bonds is 7. The monoisotopic (exact) mass is 351 g/mol. The molecule has 9 heteroatoms. The SMILES string of the molecule is CCOC(=O)Nc1cnn(CC(=O)NCCc2ccc(Cl)cc2)n1. The molecule has 2 rings (SSSR count). The van der Waals surface area contributed by atoms with Crippen LogP contribution < -0.4 is 10.6 Å². The average molecular weight is 352 g/mol. The number of anilines is 1. The third-order valence-electron chi connectivity index (χ3n) is 2.98. The van der Waals surface area contributed by atoms with Gasteiger partial charge >= 0.3 is 6.09 Å². The van der Waals surface area contributed by atoms with E-state index in [0.717, 1.165) is 5.56 Å². The second-order valence-corrected chi connectivity index (χ2v) is 5.27. The number of halogens is 1. The lowest BCUT2D eigenvalue weighted by molar-refractivity contribution is -0.122. The van der Waals surface area contributed by atoms with E-state index in [1.54, 1.807) is 6.92 Å². The lowest BCUT2D eigenvalue weighted by Crippen LogP contribution is -2.30. The molecule has 2 aromatic rings. The van der Waals surface area contributed by atoms with Crippen molar-refractivity contribution >= 4 is 29.4 Å². The van der Waals surface area contributed by atoms with Gasteiger partial charge in [0.1, 0.15) is 6.54 Å². The highest BCUT2D eigenvalue weighted by atomic mass is 35.5. The molecule has 2 amide bonds. The van der Waals surface area contributed by atoms with Gasteiger partial charge in [0.15, 0.2) is 5.82 Å². The average Bonchev–Trinajstić information content (AvgIpc) is 2.96. The molecule has 0 radical (unpaired) electrons. The van der Waals surface area contributed by atoms with Crippen molar-refractivity contribution in [3.8, 4) is 0 Å². The molecule has 0 aliphatic carbocycles. The van der Waals surface area contributed by atoms with E-state index >= 15 is 0 Å². The van der Waals surface area contributed by atoms with Crippen molar-refractivity contribution in [2.45, 2.75) is 19.9 Å². The zero-order chi connectivity index (χ0) is 17.4. The Balaban J connectivity index is 1.73. The van der Waals surface area contributed by atoms with Gasteiger partial charge in [-0.15, -0.1) is 5.10 Å². The van der Waals surface area contributed by atoms with E-state index in [1.165, 1.54) is 11.0 Å². The normalized spacial score (nSPS) is 10.2. The van der Waals surface area contributed by atoms with E-state index in [9.17, 15) is 9.59 Å². The van der Waals surface area contributed by atoms with Crippen molar-refractivity contribution in [1.82, 2.24) is 20.3 Å². The fourth-order valence-corrected chi connectivity index (χ4v) is 2.01. The summed E-state index contributed by atoms with van der Waals surface area (Å²) in [7, 11) is 0. The molecule has 0 saturated heterocycles. The minimum Gasteiger partial charge on any atom is -0.450 e. The predicted octanol–water partition coefficient (Wildman–Crippen LogP) is 1.86. The Morgan fingerprint density at radius 1 is 1.29 bits per heavy atom. The summed E-state index contributed by atoms with van der Waals surface area (Å²) >= 11 is 5.82. The standard InChI is InChI=1S/C15H18ClN5O3/c1-2-24-15(23)19-13-9-18-21(20-13)10-14(22)17-8-7-11-3-5-12(16)6-4-11/h3-6,9H,2,7-8,10H2,1H3,(H,17,22)(H,19,20,23). The predicted molar refractivity (Wildman–Crippen MR) is 88.8 cm³/mol. The summed E-state index contributed by atoms with van der Waals surface area (Å²) < 4.78 is 4.72.